The highest BCUT2D eigenvalue weighted by Crippen LogP contribution is 2.54. The SMILES string of the molecule is CC1c2cccnc2-c2ccc3c(c21)-c1ccncc1OC3(C)C. The van der Waals surface area contributed by atoms with Crippen molar-refractivity contribution in [3.05, 3.63) is 65.6 Å². The smallest absolute Gasteiger partial charge is 0.146 e. The number of rotatable bonds is 0. The van der Waals surface area contributed by atoms with Crippen LogP contribution in [0.4, 0.5) is 0 Å². The van der Waals surface area contributed by atoms with E-state index >= 15 is 0 Å². The van der Waals surface area contributed by atoms with Gasteiger partial charge in [-0.2, -0.15) is 0 Å². The molecule has 1 aliphatic carbocycles. The van der Waals surface area contributed by atoms with Crippen LogP contribution in [0.3, 0.4) is 0 Å². The van der Waals surface area contributed by atoms with Crippen molar-refractivity contribution in [3.63, 3.8) is 0 Å². The molecule has 24 heavy (non-hydrogen) atoms. The third-order valence-corrected chi connectivity index (χ3v) is 5.31. The van der Waals surface area contributed by atoms with Gasteiger partial charge in [-0.05, 0) is 42.7 Å². The Morgan fingerprint density at radius 2 is 1.92 bits per heavy atom. The minimum atomic E-state index is -0.373. The number of hydrogen-bond donors (Lipinski definition) is 0. The second-order valence-corrected chi connectivity index (χ2v) is 7.10. The molecule has 1 aliphatic heterocycles. The Morgan fingerprint density at radius 3 is 2.79 bits per heavy atom. The van der Waals surface area contributed by atoms with Gasteiger partial charge >= 0.3 is 0 Å². The minimum absolute atomic E-state index is 0.327. The molecule has 0 radical (unpaired) electrons. The van der Waals surface area contributed by atoms with E-state index in [0.29, 0.717) is 5.92 Å². The molecular formula is C21H18N2O. The van der Waals surface area contributed by atoms with Gasteiger partial charge in [0.1, 0.15) is 11.4 Å². The van der Waals surface area contributed by atoms with Crippen LogP contribution in [0.15, 0.2) is 48.9 Å². The first kappa shape index (κ1) is 13.7. The highest BCUT2D eigenvalue weighted by Gasteiger charge is 2.38. The number of hydrogen-bond acceptors (Lipinski definition) is 3. The zero-order chi connectivity index (χ0) is 16.5. The molecule has 2 aliphatic rings. The molecule has 0 bridgehead atoms. The molecule has 1 unspecified atom stereocenters. The summed E-state index contributed by atoms with van der Waals surface area (Å²) >= 11 is 0. The Labute approximate surface area is 141 Å². The molecule has 118 valence electrons. The van der Waals surface area contributed by atoms with Crippen LogP contribution in [0.5, 0.6) is 5.75 Å². The quantitative estimate of drug-likeness (QED) is 0.592. The molecule has 0 amide bonds. The van der Waals surface area contributed by atoms with E-state index in [9.17, 15) is 0 Å². The molecule has 0 N–H and O–H groups in total. The van der Waals surface area contributed by atoms with E-state index in [-0.39, 0.29) is 5.60 Å². The second kappa shape index (κ2) is 4.44. The molecule has 0 saturated carbocycles. The van der Waals surface area contributed by atoms with Crippen LogP contribution in [0.2, 0.25) is 0 Å². The third-order valence-electron chi connectivity index (χ3n) is 5.31. The second-order valence-electron chi connectivity index (χ2n) is 7.10. The zero-order valence-electron chi connectivity index (χ0n) is 14.0. The van der Waals surface area contributed by atoms with Crippen LogP contribution in [0.25, 0.3) is 22.4 Å². The van der Waals surface area contributed by atoms with Crippen molar-refractivity contribution < 1.29 is 4.74 Å². The Kier molecular flexibility index (Phi) is 2.54. The van der Waals surface area contributed by atoms with E-state index in [2.05, 4.69) is 55.0 Å². The Hall–Kier alpha value is -2.68. The van der Waals surface area contributed by atoms with Crippen molar-refractivity contribution in [3.8, 4) is 28.1 Å². The van der Waals surface area contributed by atoms with Crippen LogP contribution in [-0.4, -0.2) is 9.97 Å². The van der Waals surface area contributed by atoms with Crippen molar-refractivity contribution in [2.45, 2.75) is 32.3 Å². The molecule has 3 heteroatoms. The molecule has 0 fully saturated rings. The van der Waals surface area contributed by atoms with Crippen LogP contribution in [0, 0.1) is 0 Å². The van der Waals surface area contributed by atoms with Gasteiger partial charge in [-0.3, -0.25) is 9.97 Å². The number of aromatic nitrogens is 2. The average Bonchev–Trinajstić information content (AvgIpc) is 2.88. The normalized spacial score (nSPS) is 18.9. The fourth-order valence-corrected chi connectivity index (χ4v) is 4.21. The van der Waals surface area contributed by atoms with Gasteiger partial charge in [-0.1, -0.05) is 25.1 Å². The number of fused-ring (bicyclic) bond motifs is 7. The van der Waals surface area contributed by atoms with Gasteiger partial charge in [0, 0.05) is 35.0 Å². The van der Waals surface area contributed by atoms with Gasteiger partial charge in [0.25, 0.3) is 0 Å². The minimum Gasteiger partial charge on any atom is -0.481 e. The Balaban J connectivity index is 1.90. The third kappa shape index (κ3) is 1.62. The lowest BCUT2D eigenvalue weighted by Gasteiger charge is -2.36. The van der Waals surface area contributed by atoms with E-state index < -0.39 is 0 Å². The largest absolute Gasteiger partial charge is 0.481 e. The standard InChI is InChI=1S/C21H18N2O/c1-12-13-5-4-9-23-20(13)15-6-7-16-19(18(12)15)14-8-10-22-11-17(14)24-21(16,2)3/h4-12H,1-3H3. The molecule has 3 aromatic rings. The summed E-state index contributed by atoms with van der Waals surface area (Å²) in [6.45, 7) is 6.52. The first-order valence-electron chi connectivity index (χ1n) is 8.34. The van der Waals surface area contributed by atoms with E-state index in [1.807, 2.05) is 24.7 Å². The molecular weight excluding hydrogens is 296 g/mol. The average molecular weight is 314 g/mol. The van der Waals surface area contributed by atoms with Crippen molar-refractivity contribution in [1.29, 1.82) is 0 Å². The molecule has 2 aromatic heterocycles. The zero-order valence-corrected chi connectivity index (χ0v) is 14.0. The van der Waals surface area contributed by atoms with Gasteiger partial charge in [0.2, 0.25) is 0 Å². The number of ether oxygens (including phenoxy) is 1. The highest BCUT2D eigenvalue weighted by atomic mass is 16.5. The van der Waals surface area contributed by atoms with Crippen molar-refractivity contribution >= 4 is 0 Å². The molecule has 1 aromatic carbocycles. The van der Waals surface area contributed by atoms with Gasteiger partial charge in [0.05, 0.1) is 11.9 Å². The van der Waals surface area contributed by atoms with Crippen LogP contribution in [0.1, 0.15) is 43.4 Å². The predicted octanol–water partition coefficient (Wildman–Crippen LogP) is 4.90. The van der Waals surface area contributed by atoms with Crippen molar-refractivity contribution in [2.24, 2.45) is 0 Å². The summed E-state index contributed by atoms with van der Waals surface area (Å²) in [5.41, 5.74) is 8.33. The summed E-state index contributed by atoms with van der Waals surface area (Å²) in [6.07, 6.45) is 5.55. The first-order valence-corrected chi connectivity index (χ1v) is 8.34. The highest BCUT2D eigenvalue weighted by molar-refractivity contribution is 5.89. The topological polar surface area (TPSA) is 35.0 Å². The molecule has 3 heterocycles. The van der Waals surface area contributed by atoms with Crippen molar-refractivity contribution in [2.75, 3.05) is 0 Å². The monoisotopic (exact) mass is 314 g/mol. The van der Waals surface area contributed by atoms with E-state index in [0.717, 1.165) is 17.0 Å². The molecule has 0 saturated heterocycles. The van der Waals surface area contributed by atoms with Crippen LogP contribution in [-0.2, 0) is 5.60 Å². The molecule has 5 rings (SSSR count). The summed E-state index contributed by atoms with van der Waals surface area (Å²) in [6, 6.07) is 10.7. The van der Waals surface area contributed by atoms with Crippen LogP contribution < -0.4 is 4.74 Å². The summed E-state index contributed by atoms with van der Waals surface area (Å²) in [4.78, 5) is 8.90. The molecule has 3 nitrogen and oxygen atoms in total. The van der Waals surface area contributed by atoms with E-state index in [4.69, 9.17) is 4.74 Å². The maximum Gasteiger partial charge on any atom is 0.146 e. The molecule has 1 atom stereocenters. The van der Waals surface area contributed by atoms with Crippen LogP contribution >= 0.6 is 0 Å². The number of nitrogens with zero attached hydrogens (tertiary/aromatic N) is 2. The van der Waals surface area contributed by atoms with Gasteiger partial charge < -0.3 is 4.74 Å². The Bertz CT molecular complexity index is 991. The summed E-state index contributed by atoms with van der Waals surface area (Å²) in [5.74, 6) is 1.19. The lowest BCUT2D eigenvalue weighted by atomic mass is 9.80. The van der Waals surface area contributed by atoms with Gasteiger partial charge in [-0.15, -0.1) is 0 Å². The lowest BCUT2D eigenvalue weighted by Crippen LogP contribution is -2.30. The fourth-order valence-electron chi connectivity index (χ4n) is 4.21. The summed E-state index contributed by atoms with van der Waals surface area (Å²) in [7, 11) is 0. The van der Waals surface area contributed by atoms with E-state index in [1.165, 1.54) is 27.8 Å². The van der Waals surface area contributed by atoms with Gasteiger partial charge in [-0.25, -0.2) is 0 Å². The predicted molar refractivity (Wildman–Crippen MR) is 94.1 cm³/mol. The first-order chi connectivity index (χ1) is 11.6. The van der Waals surface area contributed by atoms with E-state index in [1.54, 1.807) is 0 Å². The molecule has 0 spiro atoms. The number of benzene rings is 1. The fraction of sp³-hybridized carbons (Fsp3) is 0.238. The maximum atomic E-state index is 6.24. The van der Waals surface area contributed by atoms with Crippen molar-refractivity contribution in [1.82, 2.24) is 9.97 Å². The summed E-state index contributed by atoms with van der Waals surface area (Å²) < 4.78 is 6.24. The summed E-state index contributed by atoms with van der Waals surface area (Å²) in [5, 5.41) is 0. The lowest BCUT2D eigenvalue weighted by molar-refractivity contribution is 0.105. The maximum absolute atomic E-state index is 6.24. The number of pyridine rings is 2. The van der Waals surface area contributed by atoms with Gasteiger partial charge in [0.15, 0.2) is 0 Å². The Morgan fingerprint density at radius 1 is 1.04 bits per heavy atom.